The van der Waals surface area contributed by atoms with Gasteiger partial charge in [0.25, 0.3) is 11.6 Å². The van der Waals surface area contributed by atoms with Crippen molar-refractivity contribution >= 4 is 34.3 Å². The maximum atomic E-state index is 12.0. The Balaban J connectivity index is 2.07. The van der Waals surface area contributed by atoms with E-state index in [0.29, 0.717) is 27.7 Å². The Kier molecular flexibility index (Phi) is 4.79. The fraction of sp³-hybridized carbons (Fsp3) is 0.154. The number of nitrogens with zero attached hydrogens (tertiary/aromatic N) is 3. The highest BCUT2D eigenvalue weighted by atomic mass is 32.1. The molecule has 2 rings (SSSR count). The summed E-state index contributed by atoms with van der Waals surface area (Å²) in [5.41, 5.74) is 9.02. The summed E-state index contributed by atoms with van der Waals surface area (Å²) in [6.45, 7) is 1.87. The summed E-state index contributed by atoms with van der Waals surface area (Å²) in [6.07, 6.45) is 1.92. The largest absolute Gasteiger partial charge is 0.375 e. The highest BCUT2D eigenvalue weighted by molar-refractivity contribution is 7.17. The van der Waals surface area contributed by atoms with Crippen molar-refractivity contribution in [1.82, 2.24) is 10.4 Å². The number of nitrogens with one attached hydrogen (secondary N) is 1. The summed E-state index contributed by atoms with van der Waals surface area (Å²) >= 11 is 1.09. The second-order valence-corrected chi connectivity index (χ2v) is 5.26. The molecule has 0 unspecified atom stereocenters. The van der Waals surface area contributed by atoms with E-state index in [-0.39, 0.29) is 5.69 Å². The van der Waals surface area contributed by atoms with Gasteiger partial charge in [-0.25, -0.2) is 10.4 Å². The predicted molar refractivity (Wildman–Crippen MR) is 84.1 cm³/mol. The van der Waals surface area contributed by atoms with Crippen LogP contribution in [0.3, 0.4) is 0 Å². The van der Waals surface area contributed by atoms with E-state index in [1.807, 2.05) is 6.92 Å². The minimum absolute atomic E-state index is 0.0428. The van der Waals surface area contributed by atoms with Crippen LogP contribution in [0.15, 0.2) is 29.4 Å². The standard InChI is InChI=1S/C13H13N5O3S/c1-2-10-11(22-13(14)16-10)12(19)17-15-7-8-4-3-5-9(6-8)18(20)21/h3-7H,2H2,1H3,(H2,14,16)(H,17,19)/b15-7-. The van der Waals surface area contributed by atoms with Gasteiger partial charge in [-0.3, -0.25) is 14.9 Å². The highest BCUT2D eigenvalue weighted by Gasteiger charge is 2.15. The Morgan fingerprint density at radius 3 is 3.05 bits per heavy atom. The SMILES string of the molecule is CCc1nc(N)sc1C(=O)N/N=C\c1cccc([N+](=O)[O-])c1. The lowest BCUT2D eigenvalue weighted by molar-refractivity contribution is -0.384. The molecule has 0 saturated heterocycles. The second-order valence-electron chi connectivity index (χ2n) is 4.23. The smallest absolute Gasteiger partial charge is 0.283 e. The van der Waals surface area contributed by atoms with Crippen LogP contribution in [0, 0.1) is 10.1 Å². The zero-order valence-corrected chi connectivity index (χ0v) is 12.5. The van der Waals surface area contributed by atoms with E-state index in [1.165, 1.54) is 18.3 Å². The van der Waals surface area contributed by atoms with E-state index in [0.717, 1.165) is 11.3 Å². The molecule has 2 aromatic rings. The van der Waals surface area contributed by atoms with E-state index < -0.39 is 10.8 Å². The van der Waals surface area contributed by atoms with Crippen LogP contribution in [0.1, 0.15) is 27.9 Å². The van der Waals surface area contributed by atoms with Gasteiger partial charge in [0.2, 0.25) is 0 Å². The maximum Gasteiger partial charge on any atom is 0.283 e. The van der Waals surface area contributed by atoms with Crippen molar-refractivity contribution in [3.63, 3.8) is 0 Å². The molecule has 0 aliphatic rings. The molecule has 0 atom stereocenters. The van der Waals surface area contributed by atoms with E-state index >= 15 is 0 Å². The summed E-state index contributed by atoms with van der Waals surface area (Å²) in [4.78, 5) is 26.6. The Morgan fingerprint density at radius 2 is 2.36 bits per heavy atom. The zero-order valence-electron chi connectivity index (χ0n) is 11.6. The highest BCUT2D eigenvalue weighted by Crippen LogP contribution is 2.20. The molecule has 0 radical (unpaired) electrons. The molecule has 0 aliphatic carbocycles. The van der Waals surface area contributed by atoms with Gasteiger partial charge in [0.1, 0.15) is 4.88 Å². The monoisotopic (exact) mass is 319 g/mol. The molecule has 1 amide bonds. The summed E-state index contributed by atoms with van der Waals surface area (Å²) in [7, 11) is 0. The molecule has 22 heavy (non-hydrogen) atoms. The lowest BCUT2D eigenvalue weighted by atomic mass is 10.2. The third kappa shape index (κ3) is 3.64. The Labute approximate surface area is 129 Å². The van der Waals surface area contributed by atoms with Crippen molar-refractivity contribution in [3.05, 3.63) is 50.5 Å². The van der Waals surface area contributed by atoms with Crippen LogP contribution in [-0.2, 0) is 6.42 Å². The fourth-order valence-corrected chi connectivity index (χ4v) is 2.53. The molecular weight excluding hydrogens is 306 g/mol. The number of rotatable bonds is 5. The van der Waals surface area contributed by atoms with Crippen molar-refractivity contribution in [2.75, 3.05) is 5.73 Å². The number of aromatic nitrogens is 1. The van der Waals surface area contributed by atoms with E-state index in [9.17, 15) is 14.9 Å². The molecule has 0 spiro atoms. The maximum absolute atomic E-state index is 12.0. The Morgan fingerprint density at radius 1 is 1.59 bits per heavy atom. The number of aryl methyl sites for hydroxylation is 1. The van der Waals surface area contributed by atoms with Crippen molar-refractivity contribution < 1.29 is 9.72 Å². The van der Waals surface area contributed by atoms with Crippen LogP contribution in [0.25, 0.3) is 0 Å². The van der Waals surface area contributed by atoms with Gasteiger partial charge in [-0.15, -0.1) is 0 Å². The third-order valence-electron chi connectivity index (χ3n) is 2.72. The van der Waals surface area contributed by atoms with Crippen LogP contribution in [-0.4, -0.2) is 22.0 Å². The molecule has 0 saturated carbocycles. The molecule has 8 nitrogen and oxygen atoms in total. The van der Waals surface area contributed by atoms with E-state index in [4.69, 9.17) is 5.73 Å². The zero-order chi connectivity index (χ0) is 16.1. The number of nitro groups is 1. The van der Waals surface area contributed by atoms with Gasteiger partial charge in [0, 0.05) is 17.7 Å². The van der Waals surface area contributed by atoms with Crippen LogP contribution >= 0.6 is 11.3 Å². The number of thiazole rings is 1. The number of nitro benzene ring substituents is 1. The number of amides is 1. The quantitative estimate of drug-likeness (QED) is 0.495. The number of hydrogen-bond acceptors (Lipinski definition) is 7. The first kappa shape index (κ1) is 15.6. The lowest BCUT2D eigenvalue weighted by Gasteiger charge is -1.98. The summed E-state index contributed by atoms with van der Waals surface area (Å²) in [6, 6.07) is 5.92. The predicted octanol–water partition coefficient (Wildman–Crippen LogP) is 1.96. The molecule has 0 aliphatic heterocycles. The Hall–Kier alpha value is -2.81. The van der Waals surface area contributed by atoms with Crippen molar-refractivity contribution in [2.45, 2.75) is 13.3 Å². The van der Waals surface area contributed by atoms with Crippen molar-refractivity contribution in [1.29, 1.82) is 0 Å². The van der Waals surface area contributed by atoms with E-state index in [1.54, 1.807) is 12.1 Å². The topological polar surface area (TPSA) is 124 Å². The number of nitrogen functional groups attached to an aromatic ring is 1. The third-order valence-corrected chi connectivity index (χ3v) is 3.64. The number of anilines is 1. The van der Waals surface area contributed by atoms with Crippen LogP contribution in [0.5, 0.6) is 0 Å². The first-order valence-electron chi connectivity index (χ1n) is 6.34. The number of hydrogen-bond donors (Lipinski definition) is 2. The van der Waals surface area contributed by atoms with Crippen LogP contribution in [0.2, 0.25) is 0 Å². The first-order chi connectivity index (χ1) is 10.5. The van der Waals surface area contributed by atoms with Gasteiger partial charge in [-0.2, -0.15) is 5.10 Å². The second kappa shape index (κ2) is 6.76. The van der Waals surface area contributed by atoms with Crippen molar-refractivity contribution in [3.8, 4) is 0 Å². The number of nitrogens with two attached hydrogens (primary N) is 1. The minimum atomic E-state index is -0.496. The Bertz CT molecular complexity index is 741. The molecule has 9 heteroatoms. The summed E-state index contributed by atoms with van der Waals surface area (Å²) in [5, 5.41) is 14.8. The van der Waals surface area contributed by atoms with Crippen LogP contribution in [0.4, 0.5) is 10.8 Å². The lowest BCUT2D eigenvalue weighted by Crippen LogP contribution is -2.17. The van der Waals surface area contributed by atoms with Crippen LogP contribution < -0.4 is 11.2 Å². The van der Waals surface area contributed by atoms with Gasteiger partial charge < -0.3 is 5.73 Å². The molecular formula is C13H13N5O3S. The molecule has 1 aromatic heterocycles. The van der Waals surface area contributed by atoms with Gasteiger partial charge in [0.15, 0.2) is 5.13 Å². The molecule has 0 fully saturated rings. The normalized spacial score (nSPS) is 10.8. The minimum Gasteiger partial charge on any atom is -0.375 e. The van der Waals surface area contributed by atoms with Gasteiger partial charge in [-0.05, 0) is 6.42 Å². The average molecular weight is 319 g/mol. The van der Waals surface area contributed by atoms with Gasteiger partial charge >= 0.3 is 0 Å². The molecule has 0 bridgehead atoms. The number of carbonyl (C=O) groups excluding carboxylic acids is 1. The molecule has 114 valence electrons. The molecule has 1 aromatic carbocycles. The summed E-state index contributed by atoms with van der Waals surface area (Å²) in [5.74, 6) is -0.410. The first-order valence-corrected chi connectivity index (χ1v) is 7.16. The average Bonchev–Trinajstić information content (AvgIpc) is 2.88. The fourth-order valence-electron chi connectivity index (χ4n) is 1.72. The summed E-state index contributed by atoms with van der Waals surface area (Å²) < 4.78 is 0. The molecule has 1 heterocycles. The van der Waals surface area contributed by atoms with Gasteiger partial charge in [0.05, 0.1) is 16.8 Å². The van der Waals surface area contributed by atoms with Crippen molar-refractivity contribution in [2.24, 2.45) is 5.10 Å². The number of carbonyl (C=O) groups is 1. The number of hydrazone groups is 1. The molecule has 3 N–H and O–H groups in total. The number of non-ortho nitro benzene ring substituents is 1. The van der Waals surface area contributed by atoms with Gasteiger partial charge in [-0.1, -0.05) is 30.4 Å². The van der Waals surface area contributed by atoms with E-state index in [2.05, 4.69) is 15.5 Å². The number of benzene rings is 1.